The normalized spacial score (nSPS) is 10.9. The molecular formula is C25H34O6. The van der Waals surface area contributed by atoms with Crippen molar-refractivity contribution in [3.05, 3.63) is 34.7 Å². The Labute approximate surface area is 183 Å². The molecular weight excluding hydrogens is 396 g/mol. The summed E-state index contributed by atoms with van der Waals surface area (Å²) in [5, 5.41) is 0.588. The first-order valence-corrected chi connectivity index (χ1v) is 11.5. The smallest absolute Gasteiger partial charge is 0.336 e. The Morgan fingerprint density at radius 3 is 1.81 bits per heavy atom. The first-order chi connectivity index (χ1) is 15.0. The van der Waals surface area contributed by atoms with Crippen molar-refractivity contribution < 1.29 is 23.5 Å². The van der Waals surface area contributed by atoms with E-state index in [1.165, 1.54) is 12.1 Å². The fourth-order valence-corrected chi connectivity index (χ4v) is 3.33. The van der Waals surface area contributed by atoms with Crippen molar-refractivity contribution >= 4 is 22.9 Å². The minimum Gasteiger partial charge on any atom is -0.423 e. The van der Waals surface area contributed by atoms with E-state index in [1.807, 2.05) is 0 Å². The lowest BCUT2D eigenvalue weighted by Gasteiger charge is -2.12. The molecule has 0 aliphatic carbocycles. The monoisotopic (exact) mass is 430 g/mol. The van der Waals surface area contributed by atoms with Crippen molar-refractivity contribution in [2.45, 2.75) is 90.9 Å². The first kappa shape index (κ1) is 24.6. The van der Waals surface area contributed by atoms with Crippen molar-refractivity contribution in [2.24, 2.45) is 0 Å². The SMILES string of the molecule is CCCCCCCC(=O)Oc1cc2ccc(=O)oc2cc1OC(=O)CCCCCCC. The summed E-state index contributed by atoms with van der Waals surface area (Å²) in [6.07, 6.45) is 10.8. The van der Waals surface area contributed by atoms with E-state index in [9.17, 15) is 14.4 Å². The predicted molar refractivity (Wildman–Crippen MR) is 121 cm³/mol. The van der Waals surface area contributed by atoms with Crippen molar-refractivity contribution in [3.8, 4) is 11.5 Å². The number of ether oxygens (including phenoxy) is 2. The Kier molecular flexibility index (Phi) is 10.8. The van der Waals surface area contributed by atoms with Gasteiger partial charge in [0, 0.05) is 30.4 Å². The van der Waals surface area contributed by atoms with Gasteiger partial charge in [0.1, 0.15) is 5.58 Å². The van der Waals surface area contributed by atoms with Gasteiger partial charge in [-0.05, 0) is 25.0 Å². The fourth-order valence-electron chi connectivity index (χ4n) is 3.33. The van der Waals surface area contributed by atoms with Crippen LogP contribution in [0.4, 0.5) is 0 Å². The van der Waals surface area contributed by atoms with E-state index in [1.54, 1.807) is 12.1 Å². The van der Waals surface area contributed by atoms with Crippen LogP contribution in [-0.2, 0) is 9.59 Å². The zero-order valence-electron chi connectivity index (χ0n) is 18.7. The topological polar surface area (TPSA) is 82.8 Å². The second-order valence-corrected chi connectivity index (χ2v) is 7.87. The number of carbonyl (C=O) groups excluding carboxylic acids is 2. The van der Waals surface area contributed by atoms with Crippen molar-refractivity contribution in [1.82, 2.24) is 0 Å². The molecule has 2 rings (SSSR count). The van der Waals surface area contributed by atoms with Gasteiger partial charge in [-0.25, -0.2) is 4.79 Å². The number of esters is 2. The number of benzene rings is 1. The number of hydrogen-bond acceptors (Lipinski definition) is 6. The van der Waals surface area contributed by atoms with Crippen LogP contribution in [0.25, 0.3) is 11.0 Å². The van der Waals surface area contributed by atoms with E-state index in [-0.39, 0.29) is 29.5 Å². The van der Waals surface area contributed by atoms with Gasteiger partial charge >= 0.3 is 17.6 Å². The largest absolute Gasteiger partial charge is 0.423 e. The zero-order valence-corrected chi connectivity index (χ0v) is 18.7. The van der Waals surface area contributed by atoms with Crippen LogP contribution in [0.2, 0.25) is 0 Å². The van der Waals surface area contributed by atoms with Crippen LogP contribution in [0, 0.1) is 0 Å². The molecule has 0 saturated carbocycles. The van der Waals surface area contributed by atoms with E-state index < -0.39 is 11.6 Å². The van der Waals surface area contributed by atoms with E-state index in [0.717, 1.165) is 64.2 Å². The van der Waals surface area contributed by atoms with Gasteiger partial charge in [-0.1, -0.05) is 65.2 Å². The highest BCUT2D eigenvalue weighted by molar-refractivity contribution is 5.84. The van der Waals surface area contributed by atoms with Gasteiger partial charge in [-0.3, -0.25) is 9.59 Å². The highest BCUT2D eigenvalue weighted by atomic mass is 16.6. The Hall–Kier alpha value is -2.63. The van der Waals surface area contributed by atoms with Crippen molar-refractivity contribution in [2.75, 3.05) is 0 Å². The molecule has 0 saturated heterocycles. The van der Waals surface area contributed by atoms with Crippen LogP contribution in [-0.4, -0.2) is 11.9 Å². The maximum Gasteiger partial charge on any atom is 0.336 e. The minimum absolute atomic E-state index is 0.0970. The molecule has 0 aliphatic heterocycles. The Bertz CT molecular complexity index is 899. The van der Waals surface area contributed by atoms with Gasteiger partial charge in [-0.15, -0.1) is 0 Å². The maximum atomic E-state index is 12.3. The molecule has 6 nitrogen and oxygen atoms in total. The van der Waals surface area contributed by atoms with Crippen LogP contribution in [0.3, 0.4) is 0 Å². The molecule has 0 radical (unpaired) electrons. The van der Waals surface area contributed by atoms with Gasteiger partial charge in [-0.2, -0.15) is 0 Å². The van der Waals surface area contributed by atoms with Gasteiger partial charge in [0.15, 0.2) is 11.5 Å². The summed E-state index contributed by atoms with van der Waals surface area (Å²) in [5.41, 5.74) is -0.227. The molecule has 0 unspecified atom stereocenters. The molecule has 1 aromatic heterocycles. The molecule has 0 fully saturated rings. The molecule has 0 atom stereocenters. The molecule has 6 heteroatoms. The average Bonchev–Trinajstić information content (AvgIpc) is 2.74. The molecule has 0 amide bonds. The van der Waals surface area contributed by atoms with E-state index in [2.05, 4.69) is 13.8 Å². The molecule has 31 heavy (non-hydrogen) atoms. The lowest BCUT2D eigenvalue weighted by Crippen LogP contribution is -2.12. The van der Waals surface area contributed by atoms with E-state index >= 15 is 0 Å². The lowest BCUT2D eigenvalue weighted by atomic mass is 10.1. The Balaban J connectivity index is 2.06. The second-order valence-electron chi connectivity index (χ2n) is 7.87. The third-order valence-electron chi connectivity index (χ3n) is 5.10. The number of carbonyl (C=O) groups is 2. The summed E-state index contributed by atoms with van der Waals surface area (Å²) in [7, 11) is 0. The quantitative estimate of drug-likeness (QED) is 0.151. The summed E-state index contributed by atoms with van der Waals surface area (Å²) in [6, 6.07) is 5.89. The molecule has 0 N–H and O–H groups in total. The summed E-state index contributed by atoms with van der Waals surface area (Å²) in [4.78, 5) is 36.2. The molecule has 1 aromatic carbocycles. The highest BCUT2D eigenvalue weighted by Gasteiger charge is 2.16. The van der Waals surface area contributed by atoms with Crippen LogP contribution in [0.15, 0.2) is 33.5 Å². The van der Waals surface area contributed by atoms with Crippen LogP contribution in [0.5, 0.6) is 11.5 Å². The van der Waals surface area contributed by atoms with E-state index in [4.69, 9.17) is 13.9 Å². The standard InChI is InChI=1S/C25H34O6/c1-3-5-7-9-11-13-23(26)30-21-17-19-15-16-25(28)29-20(19)18-22(21)31-24(27)14-12-10-8-6-4-2/h15-18H,3-14H2,1-2H3. The summed E-state index contributed by atoms with van der Waals surface area (Å²) >= 11 is 0. The van der Waals surface area contributed by atoms with Crippen molar-refractivity contribution in [3.63, 3.8) is 0 Å². The summed E-state index contributed by atoms with van der Waals surface area (Å²) < 4.78 is 16.2. The lowest BCUT2D eigenvalue weighted by molar-refractivity contribution is -0.137. The number of fused-ring (bicyclic) bond motifs is 1. The third kappa shape index (κ3) is 8.95. The highest BCUT2D eigenvalue weighted by Crippen LogP contribution is 2.33. The Morgan fingerprint density at radius 2 is 1.26 bits per heavy atom. The minimum atomic E-state index is -0.502. The molecule has 0 aliphatic rings. The third-order valence-corrected chi connectivity index (χ3v) is 5.10. The average molecular weight is 431 g/mol. The van der Waals surface area contributed by atoms with Gasteiger partial charge < -0.3 is 13.9 Å². The van der Waals surface area contributed by atoms with Crippen LogP contribution < -0.4 is 15.1 Å². The number of unbranched alkanes of at least 4 members (excludes halogenated alkanes) is 8. The maximum absolute atomic E-state index is 12.3. The van der Waals surface area contributed by atoms with Crippen LogP contribution in [0.1, 0.15) is 90.9 Å². The summed E-state index contributed by atoms with van der Waals surface area (Å²) in [5.74, 6) is -0.505. The van der Waals surface area contributed by atoms with Gasteiger partial charge in [0.2, 0.25) is 0 Å². The zero-order chi connectivity index (χ0) is 22.5. The fraction of sp³-hybridized carbons (Fsp3) is 0.560. The Morgan fingerprint density at radius 1 is 0.742 bits per heavy atom. The molecule has 170 valence electrons. The number of rotatable bonds is 14. The molecule has 1 heterocycles. The van der Waals surface area contributed by atoms with Crippen molar-refractivity contribution in [1.29, 1.82) is 0 Å². The van der Waals surface area contributed by atoms with E-state index in [0.29, 0.717) is 11.8 Å². The second kappa shape index (κ2) is 13.6. The van der Waals surface area contributed by atoms with Crippen LogP contribution >= 0.6 is 0 Å². The first-order valence-electron chi connectivity index (χ1n) is 11.5. The van der Waals surface area contributed by atoms with Gasteiger partial charge in [0.25, 0.3) is 0 Å². The molecule has 0 spiro atoms. The molecule has 0 bridgehead atoms. The van der Waals surface area contributed by atoms with Gasteiger partial charge in [0.05, 0.1) is 0 Å². The molecule has 2 aromatic rings. The number of hydrogen-bond donors (Lipinski definition) is 0. The summed E-state index contributed by atoms with van der Waals surface area (Å²) in [6.45, 7) is 4.28. The predicted octanol–water partition coefficient (Wildman–Crippen LogP) is 6.32.